The van der Waals surface area contributed by atoms with Crippen LogP contribution in [-0.4, -0.2) is 34.8 Å². The molecule has 118 valence electrons. The average molecular weight is 329 g/mol. The smallest absolute Gasteiger partial charge is 0.233 e. The van der Waals surface area contributed by atoms with Gasteiger partial charge >= 0.3 is 0 Å². The molecule has 0 aliphatic rings. The second kappa shape index (κ2) is 6.57. The molecule has 0 amide bonds. The third-order valence-electron chi connectivity index (χ3n) is 3.26. The number of aromatic amines is 1. The highest BCUT2D eigenvalue weighted by Gasteiger charge is 2.11. The van der Waals surface area contributed by atoms with E-state index >= 15 is 0 Å². The number of H-pyrrole nitrogens is 1. The summed E-state index contributed by atoms with van der Waals surface area (Å²) in [4.78, 5) is 0. The Morgan fingerprint density at radius 1 is 1.00 bits per heavy atom. The van der Waals surface area contributed by atoms with Crippen molar-refractivity contribution in [2.75, 3.05) is 10.5 Å². The van der Waals surface area contributed by atoms with Gasteiger partial charge in [-0.05, 0) is 41.5 Å². The first kappa shape index (κ1) is 15.2. The summed E-state index contributed by atoms with van der Waals surface area (Å²) in [5, 5.41) is 13.6. The minimum Gasteiger partial charge on any atom is -0.284 e. The van der Waals surface area contributed by atoms with Gasteiger partial charge in [0.2, 0.25) is 15.8 Å². The summed E-state index contributed by atoms with van der Waals surface area (Å²) in [6.45, 7) is 0. The van der Waals surface area contributed by atoms with Crippen LogP contribution in [0.5, 0.6) is 0 Å². The molecule has 0 bridgehead atoms. The van der Waals surface area contributed by atoms with Gasteiger partial charge in [-0.1, -0.05) is 30.3 Å². The Balaban J connectivity index is 1.63. The molecule has 2 N–H and O–H groups in total. The van der Waals surface area contributed by atoms with Crippen molar-refractivity contribution in [1.29, 1.82) is 0 Å². The van der Waals surface area contributed by atoms with Crippen LogP contribution >= 0.6 is 0 Å². The molecule has 0 atom stereocenters. The maximum Gasteiger partial charge on any atom is 0.233 e. The lowest BCUT2D eigenvalue weighted by molar-refractivity contribution is 0.600. The van der Waals surface area contributed by atoms with Crippen molar-refractivity contribution in [3.63, 3.8) is 0 Å². The highest BCUT2D eigenvalue weighted by molar-refractivity contribution is 7.92. The number of aryl methyl sites for hydroxylation is 1. The van der Waals surface area contributed by atoms with E-state index in [-0.39, 0.29) is 5.75 Å². The first-order valence-electron chi connectivity index (χ1n) is 7.01. The van der Waals surface area contributed by atoms with Gasteiger partial charge in [-0.2, -0.15) is 5.21 Å². The van der Waals surface area contributed by atoms with Crippen LogP contribution in [0.4, 0.5) is 5.69 Å². The monoisotopic (exact) mass is 329 g/mol. The maximum atomic E-state index is 12.1. The molecule has 1 aromatic heterocycles. The van der Waals surface area contributed by atoms with Crippen LogP contribution in [-0.2, 0) is 16.4 Å². The fourth-order valence-corrected chi connectivity index (χ4v) is 3.20. The molecule has 0 saturated carbocycles. The highest BCUT2D eigenvalue weighted by atomic mass is 32.2. The fourth-order valence-electron chi connectivity index (χ4n) is 2.10. The zero-order chi connectivity index (χ0) is 16.1. The summed E-state index contributed by atoms with van der Waals surface area (Å²) in [5.41, 5.74) is 2.25. The van der Waals surface area contributed by atoms with Gasteiger partial charge < -0.3 is 0 Å². The van der Waals surface area contributed by atoms with Crippen LogP contribution in [0.3, 0.4) is 0 Å². The summed E-state index contributed by atoms with van der Waals surface area (Å²) < 4.78 is 26.8. The molecule has 1 heterocycles. The third kappa shape index (κ3) is 4.13. The molecule has 23 heavy (non-hydrogen) atoms. The molecule has 0 radical (unpaired) electrons. The topological polar surface area (TPSA) is 101 Å². The SMILES string of the molecule is O=S(=O)(CCc1ccccc1)Nc1ccc(-c2nn[nH]n2)cc1. The standard InChI is InChI=1S/C15H15N5O2S/c21-23(22,11-10-12-4-2-1-3-5-12)18-14-8-6-13(7-9-14)15-16-19-20-17-15/h1-9,18H,10-11H2,(H,16,17,19,20). The predicted octanol–water partition coefficient (Wildman–Crippen LogP) is 1.85. The molecule has 8 heteroatoms. The van der Waals surface area contributed by atoms with Crippen LogP contribution in [0.15, 0.2) is 54.6 Å². The number of nitrogens with one attached hydrogen (secondary N) is 2. The molecule has 7 nitrogen and oxygen atoms in total. The third-order valence-corrected chi connectivity index (χ3v) is 4.55. The Morgan fingerprint density at radius 3 is 2.39 bits per heavy atom. The Morgan fingerprint density at radius 2 is 1.74 bits per heavy atom. The zero-order valence-corrected chi connectivity index (χ0v) is 13.0. The summed E-state index contributed by atoms with van der Waals surface area (Å²) >= 11 is 0. The van der Waals surface area contributed by atoms with E-state index in [0.717, 1.165) is 11.1 Å². The number of benzene rings is 2. The van der Waals surface area contributed by atoms with Crippen LogP contribution in [0.2, 0.25) is 0 Å². The number of anilines is 1. The van der Waals surface area contributed by atoms with Crippen LogP contribution in [0.1, 0.15) is 5.56 Å². The quantitative estimate of drug-likeness (QED) is 0.719. The highest BCUT2D eigenvalue weighted by Crippen LogP contribution is 2.17. The number of rotatable bonds is 6. The van der Waals surface area contributed by atoms with Crippen molar-refractivity contribution in [2.24, 2.45) is 0 Å². The first-order valence-corrected chi connectivity index (χ1v) is 8.66. The largest absolute Gasteiger partial charge is 0.284 e. The molecular weight excluding hydrogens is 314 g/mol. The van der Waals surface area contributed by atoms with Crippen molar-refractivity contribution in [3.05, 3.63) is 60.2 Å². The van der Waals surface area contributed by atoms with E-state index in [1.165, 1.54) is 0 Å². The minimum absolute atomic E-state index is 0.0314. The molecule has 3 rings (SSSR count). The zero-order valence-electron chi connectivity index (χ0n) is 12.2. The number of aromatic nitrogens is 4. The van der Waals surface area contributed by atoms with Crippen molar-refractivity contribution >= 4 is 15.7 Å². The number of hydrogen-bond donors (Lipinski definition) is 2. The van der Waals surface area contributed by atoms with Crippen LogP contribution in [0.25, 0.3) is 11.4 Å². The van der Waals surface area contributed by atoms with E-state index in [1.54, 1.807) is 24.3 Å². The number of hydrogen-bond acceptors (Lipinski definition) is 5. The predicted molar refractivity (Wildman–Crippen MR) is 87.2 cm³/mol. The number of tetrazole rings is 1. The summed E-state index contributed by atoms with van der Waals surface area (Å²) in [5.74, 6) is 0.493. The second-order valence-electron chi connectivity index (χ2n) is 4.97. The second-order valence-corrected chi connectivity index (χ2v) is 6.81. The molecule has 2 aromatic carbocycles. The Labute approximate surface area is 133 Å². The molecule has 0 aliphatic heterocycles. The van der Waals surface area contributed by atoms with E-state index < -0.39 is 10.0 Å². The maximum absolute atomic E-state index is 12.1. The molecule has 3 aromatic rings. The molecule has 0 saturated heterocycles. The van der Waals surface area contributed by atoms with Crippen LogP contribution in [0, 0.1) is 0 Å². The van der Waals surface area contributed by atoms with Gasteiger partial charge in [-0.15, -0.1) is 10.2 Å². The Kier molecular flexibility index (Phi) is 4.33. The average Bonchev–Trinajstić information content (AvgIpc) is 3.09. The van der Waals surface area contributed by atoms with Crippen molar-refractivity contribution < 1.29 is 8.42 Å². The van der Waals surface area contributed by atoms with Gasteiger partial charge in [0, 0.05) is 11.3 Å². The van der Waals surface area contributed by atoms with Gasteiger partial charge in [0.05, 0.1) is 5.75 Å². The van der Waals surface area contributed by atoms with E-state index in [0.29, 0.717) is 17.9 Å². The van der Waals surface area contributed by atoms with Crippen molar-refractivity contribution in [1.82, 2.24) is 20.6 Å². The van der Waals surface area contributed by atoms with E-state index in [2.05, 4.69) is 25.3 Å². The number of nitrogens with zero attached hydrogens (tertiary/aromatic N) is 3. The van der Waals surface area contributed by atoms with E-state index in [1.807, 2.05) is 30.3 Å². The first-order chi connectivity index (χ1) is 11.1. The van der Waals surface area contributed by atoms with Gasteiger partial charge in [0.25, 0.3) is 0 Å². The minimum atomic E-state index is -3.40. The number of sulfonamides is 1. The molecule has 0 unspecified atom stereocenters. The van der Waals surface area contributed by atoms with Crippen molar-refractivity contribution in [2.45, 2.75) is 6.42 Å². The lowest BCUT2D eigenvalue weighted by atomic mass is 10.2. The van der Waals surface area contributed by atoms with Gasteiger partial charge in [-0.3, -0.25) is 4.72 Å². The summed E-state index contributed by atoms with van der Waals surface area (Å²) in [6, 6.07) is 16.3. The molecule has 0 aliphatic carbocycles. The van der Waals surface area contributed by atoms with Crippen LogP contribution < -0.4 is 4.72 Å². The molecular formula is C15H15N5O2S. The normalized spacial score (nSPS) is 11.3. The summed E-state index contributed by atoms with van der Waals surface area (Å²) in [6.07, 6.45) is 0.469. The molecule has 0 fully saturated rings. The van der Waals surface area contributed by atoms with E-state index in [4.69, 9.17) is 0 Å². The molecule has 0 spiro atoms. The Bertz CT molecular complexity index is 847. The lowest BCUT2D eigenvalue weighted by Gasteiger charge is -2.08. The Hall–Kier alpha value is -2.74. The fraction of sp³-hybridized carbons (Fsp3) is 0.133. The van der Waals surface area contributed by atoms with Crippen molar-refractivity contribution in [3.8, 4) is 11.4 Å². The summed E-state index contributed by atoms with van der Waals surface area (Å²) in [7, 11) is -3.40. The lowest BCUT2D eigenvalue weighted by Crippen LogP contribution is -2.18. The van der Waals surface area contributed by atoms with Gasteiger partial charge in [0.15, 0.2) is 0 Å². The van der Waals surface area contributed by atoms with E-state index in [9.17, 15) is 8.42 Å². The van der Waals surface area contributed by atoms with Gasteiger partial charge in [-0.25, -0.2) is 8.42 Å². The van der Waals surface area contributed by atoms with Gasteiger partial charge in [0.1, 0.15) is 0 Å².